The number of hydrogen-bond acceptors (Lipinski definition) is 7. The van der Waals surface area contributed by atoms with Gasteiger partial charge in [-0.15, -0.1) is 11.8 Å². The van der Waals surface area contributed by atoms with Gasteiger partial charge in [0, 0.05) is 16.1 Å². The van der Waals surface area contributed by atoms with Gasteiger partial charge in [-0.05, 0) is 36.4 Å². The summed E-state index contributed by atoms with van der Waals surface area (Å²) in [5.41, 5.74) is 0.815. The zero-order valence-corrected chi connectivity index (χ0v) is 16.5. The van der Waals surface area contributed by atoms with E-state index in [9.17, 15) is 14.4 Å². The molecule has 2 amide bonds. The van der Waals surface area contributed by atoms with Crippen molar-refractivity contribution in [1.82, 2.24) is 5.32 Å². The molecule has 2 N–H and O–H groups in total. The van der Waals surface area contributed by atoms with Crippen LogP contribution in [0, 0.1) is 0 Å². The number of thioether (sulfide) groups is 1. The third-order valence-electron chi connectivity index (χ3n) is 3.91. The van der Waals surface area contributed by atoms with Crippen LogP contribution >= 0.6 is 11.8 Å². The number of fused-ring (bicyclic) bond motifs is 1. The predicted octanol–water partition coefficient (Wildman–Crippen LogP) is 2.09. The van der Waals surface area contributed by atoms with Crippen molar-refractivity contribution in [3.63, 3.8) is 0 Å². The Morgan fingerprint density at radius 2 is 1.86 bits per heavy atom. The smallest absolute Gasteiger partial charge is 0.325 e. The maximum absolute atomic E-state index is 12.3. The number of rotatable bonds is 7. The quantitative estimate of drug-likeness (QED) is 0.526. The van der Waals surface area contributed by atoms with Crippen molar-refractivity contribution < 1.29 is 28.6 Å². The molecule has 0 unspecified atom stereocenters. The minimum atomic E-state index is -0.543. The summed E-state index contributed by atoms with van der Waals surface area (Å²) < 4.78 is 15.5. The number of hydrogen-bond donors (Lipinski definition) is 2. The van der Waals surface area contributed by atoms with Crippen LogP contribution in [0.25, 0.3) is 0 Å². The van der Waals surface area contributed by atoms with E-state index in [1.165, 1.54) is 18.9 Å². The third kappa shape index (κ3) is 5.89. The molecule has 2 aromatic carbocycles. The Balaban J connectivity index is 1.53. The van der Waals surface area contributed by atoms with Crippen molar-refractivity contribution in [2.24, 2.45) is 0 Å². The summed E-state index contributed by atoms with van der Waals surface area (Å²) in [6.45, 7) is 0.810. The molecule has 0 atom stereocenters. The normalized spacial score (nSPS) is 12.0. The zero-order chi connectivity index (χ0) is 20.6. The summed E-state index contributed by atoms with van der Waals surface area (Å²) in [4.78, 5) is 36.3. The number of amides is 2. The second kappa shape index (κ2) is 9.83. The summed E-state index contributed by atoms with van der Waals surface area (Å²) in [6.07, 6.45) is 0. The van der Waals surface area contributed by atoms with Gasteiger partial charge in [-0.25, -0.2) is 0 Å². The first kappa shape index (κ1) is 20.5. The summed E-state index contributed by atoms with van der Waals surface area (Å²) in [5, 5.41) is 5.21. The lowest BCUT2D eigenvalue weighted by Gasteiger charge is -2.18. The van der Waals surface area contributed by atoms with E-state index in [-0.39, 0.29) is 18.2 Å². The molecule has 3 rings (SSSR count). The van der Waals surface area contributed by atoms with Gasteiger partial charge in [-0.3, -0.25) is 14.4 Å². The largest absolute Gasteiger partial charge is 0.486 e. The molecular formula is C20H20N2O6S. The van der Waals surface area contributed by atoms with Crippen molar-refractivity contribution in [1.29, 1.82) is 0 Å². The van der Waals surface area contributed by atoms with Crippen LogP contribution in [0.1, 0.15) is 10.4 Å². The summed E-state index contributed by atoms with van der Waals surface area (Å²) in [7, 11) is 1.24. The second-order valence-corrected chi connectivity index (χ2v) is 7.03. The van der Waals surface area contributed by atoms with E-state index in [1.807, 2.05) is 18.2 Å². The number of methoxy groups -OCH3 is 1. The molecule has 0 saturated carbocycles. The van der Waals surface area contributed by atoms with Gasteiger partial charge in [0.1, 0.15) is 19.8 Å². The molecule has 1 aliphatic heterocycles. The molecule has 2 aromatic rings. The van der Waals surface area contributed by atoms with Crippen molar-refractivity contribution in [3.8, 4) is 11.5 Å². The highest BCUT2D eigenvalue weighted by Crippen LogP contribution is 2.34. The Bertz CT molecular complexity index is 918. The van der Waals surface area contributed by atoms with Crippen LogP contribution in [0.2, 0.25) is 0 Å². The molecule has 152 valence electrons. The van der Waals surface area contributed by atoms with Crippen LogP contribution in [-0.2, 0) is 14.3 Å². The second-order valence-electron chi connectivity index (χ2n) is 5.98. The van der Waals surface area contributed by atoms with Gasteiger partial charge < -0.3 is 24.8 Å². The molecule has 8 nitrogen and oxygen atoms in total. The molecule has 0 fully saturated rings. The Morgan fingerprint density at radius 3 is 2.66 bits per heavy atom. The van der Waals surface area contributed by atoms with Crippen molar-refractivity contribution in [2.75, 3.05) is 37.9 Å². The van der Waals surface area contributed by atoms with E-state index in [1.54, 1.807) is 24.3 Å². The van der Waals surface area contributed by atoms with Crippen LogP contribution in [-0.4, -0.2) is 50.4 Å². The molecule has 0 radical (unpaired) electrons. The fourth-order valence-electron chi connectivity index (χ4n) is 2.52. The lowest BCUT2D eigenvalue weighted by molar-refractivity contribution is -0.139. The number of ether oxygens (including phenoxy) is 3. The molecule has 0 bridgehead atoms. The van der Waals surface area contributed by atoms with E-state index in [0.29, 0.717) is 36.0 Å². The van der Waals surface area contributed by atoms with Gasteiger partial charge >= 0.3 is 5.97 Å². The van der Waals surface area contributed by atoms with Crippen molar-refractivity contribution in [2.45, 2.75) is 4.90 Å². The molecule has 1 heterocycles. The monoisotopic (exact) mass is 416 g/mol. The maximum Gasteiger partial charge on any atom is 0.325 e. The molecule has 0 aliphatic carbocycles. The number of nitrogens with one attached hydrogen (secondary N) is 2. The average molecular weight is 416 g/mol. The molecule has 0 aromatic heterocycles. The minimum Gasteiger partial charge on any atom is -0.486 e. The Hall–Kier alpha value is -3.20. The highest BCUT2D eigenvalue weighted by molar-refractivity contribution is 8.00. The minimum absolute atomic E-state index is 0.193. The molecule has 0 spiro atoms. The van der Waals surface area contributed by atoms with Crippen LogP contribution in [0.15, 0.2) is 47.4 Å². The van der Waals surface area contributed by atoms with Gasteiger partial charge in [0.15, 0.2) is 11.5 Å². The van der Waals surface area contributed by atoms with Crippen LogP contribution in [0.5, 0.6) is 11.5 Å². The number of carbonyl (C=O) groups is 3. The van der Waals surface area contributed by atoms with Gasteiger partial charge in [0.05, 0.1) is 12.9 Å². The van der Waals surface area contributed by atoms with Crippen molar-refractivity contribution >= 4 is 35.2 Å². The van der Waals surface area contributed by atoms with Crippen LogP contribution < -0.4 is 20.1 Å². The van der Waals surface area contributed by atoms with E-state index < -0.39 is 11.9 Å². The first-order chi connectivity index (χ1) is 14.0. The van der Waals surface area contributed by atoms with Gasteiger partial charge in [0.2, 0.25) is 5.91 Å². The average Bonchev–Trinajstić information content (AvgIpc) is 2.75. The number of benzene rings is 2. The van der Waals surface area contributed by atoms with E-state index in [2.05, 4.69) is 15.4 Å². The fraction of sp³-hybridized carbons (Fsp3) is 0.250. The number of esters is 1. The molecule has 29 heavy (non-hydrogen) atoms. The maximum atomic E-state index is 12.3. The SMILES string of the molecule is COC(=O)CNC(=O)c1cccc(NC(=O)CSc2ccc3c(c2)OCCO3)c1. The fourth-order valence-corrected chi connectivity index (χ4v) is 3.25. The predicted molar refractivity (Wildman–Crippen MR) is 108 cm³/mol. The number of anilines is 1. The molecule has 0 saturated heterocycles. The Labute approximate surface area is 171 Å². The molecule has 1 aliphatic rings. The molecule has 9 heteroatoms. The van der Waals surface area contributed by atoms with Gasteiger partial charge in [-0.2, -0.15) is 0 Å². The van der Waals surface area contributed by atoms with E-state index >= 15 is 0 Å². The van der Waals surface area contributed by atoms with Gasteiger partial charge in [-0.1, -0.05) is 6.07 Å². The Morgan fingerprint density at radius 1 is 1.07 bits per heavy atom. The summed E-state index contributed by atoms with van der Waals surface area (Å²) >= 11 is 1.37. The third-order valence-corrected chi connectivity index (χ3v) is 4.91. The lowest BCUT2D eigenvalue weighted by Crippen LogP contribution is -2.30. The van der Waals surface area contributed by atoms with Gasteiger partial charge in [0.25, 0.3) is 5.91 Å². The molecular weight excluding hydrogens is 396 g/mol. The van der Waals surface area contributed by atoms with Crippen LogP contribution in [0.3, 0.4) is 0 Å². The van der Waals surface area contributed by atoms with Crippen molar-refractivity contribution in [3.05, 3.63) is 48.0 Å². The van der Waals surface area contributed by atoms with E-state index in [4.69, 9.17) is 9.47 Å². The summed E-state index contributed by atoms with van der Waals surface area (Å²) in [6, 6.07) is 12.0. The highest BCUT2D eigenvalue weighted by Gasteiger charge is 2.13. The number of carbonyl (C=O) groups excluding carboxylic acids is 3. The Kier molecular flexibility index (Phi) is 6.96. The lowest BCUT2D eigenvalue weighted by atomic mass is 10.2. The highest BCUT2D eigenvalue weighted by atomic mass is 32.2. The first-order valence-corrected chi connectivity index (χ1v) is 9.81. The topological polar surface area (TPSA) is 103 Å². The van der Waals surface area contributed by atoms with E-state index in [0.717, 1.165) is 4.90 Å². The van der Waals surface area contributed by atoms with Crippen LogP contribution in [0.4, 0.5) is 5.69 Å². The standard InChI is InChI=1S/C20H20N2O6S/c1-26-19(24)11-21-20(25)13-3-2-4-14(9-13)22-18(23)12-29-15-5-6-16-17(10-15)28-8-7-27-16/h2-6,9-10H,7-8,11-12H2,1H3,(H,21,25)(H,22,23). The first-order valence-electron chi connectivity index (χ1n) is 8.82. The summed E-state index contributed by atoms with van der Waals surface area (Å²) in [5.74, 6) is 0.381. The zero-order valence-electron chi connectivity index (χ0n) is 15.7.